The van der Waals surface area contributed by atoms with E-state index < -0.39 is 0 Å². The molecule has 0 aromatic carbocycles. The molecule has 3 heterocycles. The zero-order valence-corrected chi connectivity index (χ0v) is 16.7. The van der Waals surface area contributed by atoms with E-state index in [2.05, 4.69) is 15.5 Å². The van der Waals surface area contributed by atoms with Crippen LogP contribution < -0.4 is 5.32 Å². The Labute approximate surface area is 168 Å². The first-order chi connectivity index (χ1) is 13.6. The third-order valence-electron chi connectivity index (χ3n) is 5.11. The van der Waals surface area contributed by atoms with Crippen molar-refractivity contribution in [3.63, 3.8) is 0 Å². The number of hydrogen-bond acceptors (Lipinski definition) is 6. The number of pyridine rings is 1. The lowest BCUT2D eigenvalue weighted by Gasteiger charge is -2.31. The molecule has 148 valence electrons. The highest BCUT2D eigenvalue weighted by molar-refractivity contribution is 7.98. The average Bonchev–Trinajstić information content (AvgIpc) is 3.44. The van der Waals surface area contributed by atoms with Crippen molar-refractivity contribution in [1.29, 1.82) is 0 Å². The third-order valence-corrected chi connectivity index (χ3v) is 6.15. The molecule has 2 aliphatic rings. The first kappa shape index (κ1) is 19.0. The molecule has 1 aliphatic heterocycles. The topological polar surface area (TPSA) is 88.3 Å². The molecule has 0 atom stereocenters. The number of likely N-dealkylation sites (tertiary alicyclic amines) is 1. The number of carbonyl (C=O) groups excluding carboxylic acids is 2. The highest BCUT2D eigenvalue weighted by atomic mass is 32.2. The van der Waals surface area contributed by atoms with Gasteiger partial charge in [0, 0.05) is 43.1 Å². The van der Waals surface area contributed by atoms with E-state index in [4.69, 9.17) is 4.52 Å². The first-order valence-corrected chi connectivity index (χ1v) is 10.7. The van der Waals surface area contributed by atoms with Gasteiger partial charge in [-0.2, -0.15) is 0 Å². The van der Waals surface area contributed by atoms with Gasteiger partial charge in [-0.05, 0) is 44.7 Å². The third kappa shape index (κ3) is 4.55. The average molecular weight is 401 g/mol. The summed E-state index contributed by atoms with van der Waals surface area (Å²) in [7, 11) is 0. The minimum atomic E-state index is -0.0204. The maximum absolute atomic E-state index is 13.0. The van der Waals surface area contributed by atoms with Crippen LogP contribution in [0.25, 0.3) is 0 Å². The number of rotatable bonds is 6. The van der Waals surface area contributed by atoms with E-state index >= 15 is 0 Å². The predicted octanol–water partition coefficient (Wildman–Crippen LogP) is 2.80. The Morgan fingerprint density at radius 1 is 1.29 bits per heavy atom. The first-order valence-electron chi connectivity index (χ1n) is 9.70. The predicted molar refractivity (Wildman–Crippen MR) is 105 cm³/mol. The molecule has 0 unspecified atom stereocenters. The summed E-state index contributed by atoms with van der Waals surface area (Å²) < 4.78 is 5.09. The summed E-state index contributed by atoms with van der Waals surface area (Å²) in [5.41, 5.74) is 1.43. The lowest BCUT2D eigenvalue weighted by atomic mass is 9.95. The van der Waals surface area contributed by atoms with Crippen LogP contribution in [0.4, 0.5) is 0 Å². The maximum atomic E-state index is 13.0. The number of carbonyl (C=O) groups is 2. The van der Waals surface area contributed by atoms with Crippen molar-refractivity contribution in [2.45, 2.75) is 49.4 Å². The largest absolute Gasteiger partial charge is 0.361 e. The fourth-order valence-electron chi connectivity index (χ4n) is 3.36. The summed E-state index contributed by atoms with van der Waals surface area (Å²) in [6.45, 7) is 3.05. The number of thioether (sulfide) groups is 1. The Morgan fingerprint density at radius 3 is 2.75 bits per heavy atom. The van der Waals surface area contributed by atoms with Crippen LogP contribution in [-0.2, 0) is 10.5 Å². The molecule has 2 aromatic heterocycles. The summed E-state index contributed by atoms with van der Waals surface area (Å²) in [6.07, 6.45) is 5.31. The smallest absolute Gasteiger partial charge is 0.256 e. The van der Waals surface area contributed by atoms with E-state index in [1.165, 1.54) is 11.8 Å². The minimum Gasteiger partial charge on any atom is -0.361 e. The number of nitrogens with one attached hydrogen (secondary N) is 1. The van der Waals surface area contributed by atoms with Crippen LogP contribution in [0, 0.1) is 12.8 Å². The molecule has 8 heteroatoms. The van der Waals surface area contributed by atoms with E-state index in [1.807, 2.05) is 24.0 Å². The summed E-state index contributed by atoms with van der Waals surface area (Å²) >= 11 is 1.48. The lowest BCUT2D eigenvalue weighted by molar-refractivity contribution is -0.126. The fraction of sp³-hybridized carbons (Fsp3) is 0.500. The van der Waals surface area contributed by atoms with Gasteiger partial charge in [0.2, 0.25) is 5.91 Å². The Morgan fingerprint density at radius 2 is 2.07 bits per heavy atom. The molecule has 1 aliphatic carbocycles. The Balaban J connectivity index is 1.36. The normalized spacial score (nSPS) is 17.5. The van der Waals surface area contributed by atoms with Crippen LogP contribution in [-0.4, -0.2) is 46.0 Å². The summed E-state index contributed by atoms with van der Waals surface area (Å²) in [6, 6.07) is 5.87. The molecular weight excluding hydrogens is 376 g/mol. The van der Waals surface area contributed by atoms with Crippen molar-refractivity contribution in [3.8, 4) is 0 Å². The van der Waals surface area contributed by atoms with Crippen molar-refractivity contribution in [3.05, 3.63) is 41.4 Å². The van der Waals surface area contributed by atoms with Gasteiger partial charge in [-0.1, -0.05) is 16.9 Å². The molecule has 0 radical (unpaired) electrons. The fourth-order valence-corrected chi connectivity index (χ4v) is 4.23. The lowest BCUT2D eigenvalue weighted by Crippen LogP contribution is -2.43. The van der Waals surface area contributed by atoms with Crippen LogP contribution in [0.5, 0.6) is 0 Å². The highest BCUT2D eigenvalue weighted by Crippen LogP contribution is 2.27. The van der Waals surface area contributed by atoms with Gasteiger partial charge in [0.05, 0.1) is 11.3 Å². The number of aromatic nitrogens is 2. The maximum Gasteiger partial charge on any atom is 0.256 e. The molecule has 7 nitrogen and oxygen atoms in total. The second-order valence-corrected chi connectivity index (χ2v) is 8.39. The van der Waals surface area contributed by atoms with Gasteiger partial charge in [-0.3, -0.25) is 9.59 Å². The second-order valence-electron chi connectivity index (χ2n) is 7.42. The van der Waals surface area contributed by atoms with Crippen molar-refractivity contribution < 1.29 is 14.1 Å². The zero-order chi connectivity index (χ0) is 19.5. The highest BCUT2D eigenvalue weighted by Gasteiger charge is 2.31. The van der Waals surface area contributed by atoms with Gasteiger partial charge < -0.3 is 14.7 Å². The van der Waals surface area contributed by atoms with E-state index in [1.54, 1.807) is 12.3 Å². The molecule has 2 amide bonds. The SMILES string of the molecule is Cc1cc(CSc2ncccc2C(=O)N2CCC(C(=O)NC3CC3)CC2)no1. The Kier molecular flexibility index (Phi) is 5.66. The second kappa shape index (κ2) is 8.34. The van der Waals surface area contributed by atoms with Crippen LogP contribution in [0.3, 0.4) is 0 Å². The van der Waals surface area contributed by atoms with Crippen LogP contribution >= 0.6 is 11.8 Å². The standard InChI is InChI=1S/C20H24N4O3S/c1-13-11-16(23-27-13)12-28-19-17(3-2-8-21-19)20(26)24-9-6-14(7-10-24)18(25)22-15-4-5-15/h2-3,8,11,14-15H,4-7,9-10,12H2,1H3,(H,22,25). The van der Waals surface area contributed by atoms with Gasteiger partial charge in [0.25, 0.3) is 5.91 Å². The van der Waals surface area contributed by atoms with Crippen LogP contribution in [0.15, 0.2) is 33.9 Å². The van der Waals surface area contributed by atoms with Crippen molar-refractivity contribution in [1.82, 2.24) is 20.4 Å². The van der Waals surface area contributed by atoms with E-state index in [9.17, 15) is 9.59 Å². The molecule has 0 bridgehead atoms. The van der Waals surface area contributed by atoms with Crippen molar-refractivity contribution in [2.24, 2.45) is 5.92 Å². The van der Waals surface area contributed by atoms with E-state index in [-0.39, 0.29) is 17.7 Å². The summed E-state index contributed by atoms with van der Waals surface area (Å²) in [5, 5.41) is 7.76. The number of nitrogens with zero attached hydrogens (tertiary/aromatic N) is 3. The summed E-state index contributed by atoms with van der Waals surface area (Å²) in [5.74, 6) is 1.50. The molecule has 4 rings (SSSR count). The number of piperidine rings is 1. The Bertz CT molecular complexity index is 857. The Hall–Kier alpha value is -2.35. The summed E-state index contributed by atoms with van der Waals surface area (Å²) in [4.78, 5) is 31.5. The van der Waals surface area contributed by atoms with Gasteiger partial charge in [0.1, 0.15) is 10.8 Å². The molecule has 2 fully saturated rings. The van der Waals surface area contributed by atoms with Crippen LogP contribution in [0.2, 0.25) is 0 Å². The molecule has 0 spiro atoms. The van der Waals surface area contributed by atoms with E-state index in [0.29, 0.717) is 48.3 Å². The van der Waals surface area contributed by atoms with Gasteiger partial charge in [-0.15, -0.1) is 0 Å². The molecule has 28 heavy (non-hydrogen) atoms. The van der Waals surface area contributed by atoms with Gasteiger partial charge in [-0.25, -0.2) is 4.98 Å². The molecule has 1 saturated heterocycles. The minimum absolute atomic E-state index is 0.0165. The van der Waals surface area contributed by atoms with E-state index in [0.717, 1.165) is 24.3 Å². The van der Waals surface area contributed by atoms with Gasteiger partial charge in [0.15, 0.2) is 0 Å². The molecule has 1 saturated carbocycles. The number of amides is 2. The van der Waals surface area contributed by atoms with Gasteiger partial charge >= 0.3 is 0 Å². The number of aryl methyl sites for hydroxylation is 1. The zero-order valence-electron chi connectivity index (χ0n) is 15.9. The van der Waals surface area contributed by atoms with Crippen LogP contribution in [0.1, 0.15) is 47.5 Å². The monoisotopic (exact) mass is 400 g/mol. The molecule has 1 N–H and O–H groups in total. The molecule has 2 aromatic rings. The van der Waals surface area contributed by atoms with Crippen molar-refractivity contribution >= 4 is 23.6 Å². The molecular formula is C20H24N4O3S. The number of hydrogen-bond donors (Lipinski definition) is 1. The quantitative estimate of drug-likeness (QED) is 0.750. The van der Waals surface area contributed by atoms with Crippen molar-refractivity contribution in [2.75, 3.05) is 13.1 Å².